The van der Waals surface area contributed by atoms with E-state index in [2.05, 4.69) is 14.9 Å². The summed E-state index contributed by atoms with van der Waals surface area (Å²) in [4.78, 5) is 11.0. The molecule has 1 N–H and O–H groups in total. The van der Waals surface area contributed by atoms with Crippen LogP contribution in [0.25, 0.3) is 5.78 Å². The molecule has 0 bridgehead atoms. The highest BCUT2D eigenvalue weighted by molar-refractivity contribution is 5.34. The van der Waals surface area contributed by atoms with Crippen LogP contribution in [0.2, 0.25) is 0 Å². The van der Waals surface area contributed by atoms with Crippen molar-refractivity contribution < 1.29 is 5.11 Å². The quantitative estimate of drug-likeness (QED) is 0.908. The van der Waals surface area contributed by atoms with Crippen LogP contribution in [0.4, 0.5) is 0 Å². The van der Waals surface area contributed by atoms with Crippen LogP contribution < -0.4 is 0 Å². The van der Waals surface area contributed by atoms with E-state index in [0.717, 1.165) is 22.9 Å². The van der Waals surface area contributed by atoms with Crippen molar-refractivity contribution in [2.75, 3.05) is 13.6 Å². The largest absolute Gasteiger partial charge is 0.389 e. The highest BCUT2D eigenvalue weighted by atomic mass is 16.3. The number of hydrogen-bond acceptors (Lipinski definition) is 4. The lowest BCUT2D eigenvalue weighted by molar-refractivity contribution is 0.0422. The maximum Gasteiger partial charge on any atom is 0.234 e. The summed E-state index contributed by atoms with van der Waals surface area (Å²) in [7, 11) is 1.98. The van der Waals surface area contributed by atoms with Crippen LogP contribution in [0, 0.1) is 13.8 Å². The normalized spacial score (nSPS) is 12.6. The molecule has 19 heavy (non-hydrogen) atoms. The van der Waals surface area contributed by atoms with Crippen LogP contribution in [-0.2, 0) is 6.54 Å². The lowest BCUT2D eigenvalue weighted by Crippen LogP contribution is -2.35. The Kier molecular flexibility index (Phi) is 3.60. The first kappa shape index (κ1) is 14.0. The molecule has 2 aromatic heterocycles. The van der Waals surface area contributed by atoms with Gasteiger partial charge in [-0.25, -0.2) is 9.97 Å². The van der Waals surface area contributed by atoms with Gasteiger partial charge in [0.15, 0.2) is 0 Å². The number of likely N-dealkylation sites (N-methyl/N-ethyl adjacent to an activating group) is 1. The van der Waals surface area contributed by atoms with E-state index in [1.54, 1.807) is 0 Å². The van der Waals surface area contributed by atoms with Gasteiger partial charge >= 0.3 is 0 Å². The minimum atomic E-state index is -0.696. The van der Waals surface area contributed by atoms with Crippen LogP contribution in [0.3, 0.4) is 0 Å². The van der Waals surface area contributed by atoms with Crippen molar-refractivity contribution in [3.05, 3.63) is 29.3 Å². The molecule has 0 aliphatic heterocycles. The van der Waals surface area contributed by atoms with E-state index in [1.165, 1.54) is 0 Å². The van der Waals surface area contributed by atoms with E-state index in [4.69, 9.17) is 0 Å². The van der Waals surface area contributed by atoms with Crippen molar-refractivity contribution in [2.45, 2.75) is 39.8 Å². The minimum Gasteiger partial charge on any atom is -0.389 e. The second kappa shape index (κ2) is 4.90. The molecule has 2 aromatic rings. The number of imidazole rings is 1. The lowest BCUT2D eigenvalue weighted by Gasteiger charge is -2.24. The fourth-order valence-corrected chi connectivity index (χ4v) is 2.39. The fourth-order valence-electron chi connectivity index (χ4n) is 2.39. The fraction of sp³-hybridized carbons (Fsp3) is 0.571. The molecule has 0 atom stereocenters. The first-order chi connectivity index (χ1) is 8.74. The number of fused-ring (bicyclic) bond motifs is 1. The molecule has 0 aliphatic rings. The van der Waals surface area contributed by atoms with Crippen LogP contribution >= 0.6 is 0 Å². The summed E-state index contributed by atoms with van der Waals surface area (Å²) in [6, 6.07) is 2.04. The summed E-state index contributed by atoms with van der Waals surface area (Å²) in [5.41, 5.74) is 2.38. The second-order valence-corrected chi connectivity index (χ2v) is 5.93. The summed E-state index contributed by atoms with van der Waals surface area (Å²) >= 11 is 0. The topological polar surface area (TPSA) is 53.7 Å². The maximum absolute atomic E-state index is 9.81. The van der Waals surface area contributed by atoms with E-state index in [0.29, 0.717) is 13.1 Å². The van der Waals surface area contributed by atoms with Gasteiger partial charge in [-0.05, 0) is 40.8 Å². The zero-order valence-electron chi connectivity index (χ0n) is 12.3. The van der Waals surface area contributed by atoms with E-state index in [1.807, 2.05) is 51.4 Å². The average Bonchev–Trinajstić information content (AvgIpc) is 2.56. The molecular weight excluding hydrogens is 240 g/mol. The van der Waals surface area contributed by atoms with Gasteiger partial charge in [0, 0.05) is 30.7 Å². The molecule has 0 saturated carbocycles. The third-order valence-corrected chi connectivity index (χ3v) is 2.90. The standard InChI is InChI=1S/C14H22N4O/c1-10-6-11(2)18-8-12(16-13(18)15-10)7-17(5)9-14(3,4)19/h6,8,19H,7,9H2,1-5H3. The van der Waals surface area contributed by atoms with Crippen LogP contribution in [0.1, 0.15) is 30.9 Å². The molecule has 0 radical (unpaired) electrons. The molecule has 0 aliphatic carbocycles. The molecule has 2 rings (SSSR count). The number of hydrogen-bond donors (Lipinski definition) is 1. The van der Waals surface area contributed by atoms with Gasteiger partial charge in [-0.2, -0.15) is 0 Å². The predicted molar refractivity (Wildman–Crippen MR) is 75.1 cm³/mol. The molecule has 0 saturated heterocycles. The van der Waals surface area contributed by atoms with Crippen molar-refractivity contribution >= 4 is 5.78 Å². The summed E-state index contributed by atoms with van der Waals surface area (Å²) in [6.07, 6.45) is 2.01. The van der Waals surface area contributed by atoms with Gasteiger partial charge in [0.25, 0.3) is 0 Å². The molecule has 5 nitrogen and oxygen atoms in total. The van der Waals surface area contributed by atoms with E-state index >= 15 is 0 Å². The highest BCUT2D eigenvalue weighted by Gasteiger charge is 2.16. The molecule has 0 unspecified atom stereocenters. The minimum absolute atomic E-state index is 0.603. The van der Waals surface area contributed by atoms with Crippen molar-refractivity contribution in [3.63, 3.8) is 0 Å². The molecule has 0 amide bonds. The Morgan fingerprint density at radius 2 is 2.00 bits per heavy atom. The zero-order valence-corrected chi connectivity index (χ0v) is 12.3. The number of aryl methyl sites for hydroxylation is 2. The zero-order chi connectivity index (χ0) is 14.2. The first-order valence-electron chi connectivity index (χ1n) is 6.48. The number of nitrogens with zero attached hydrogens (tertiary/aromatic N) is 4. The van der Waals surface area contributed by atoms with Crippen molar-refractivity contribution in [1.82, 2.24) is 19.3 Å². The Morgan fingerprint density at radius 3 is 2.63 bits per heavy atom. The molecular formula is C14H22N4O. The Balaban J connectivity index is 2.20. The van der Waals surface area contributed by atoms with Gasteiger partial charge in [-0.15, -0.1) is 0 Å². The summed E-state index contributed by atoms with van der Waals surface area (Å²) in [6.45, 7) is 8.94. The highest BCUT2D eigenvalue weighted by Crippen LogP contribution is 2.11. The average molecular weight is 262 g/mol. The Bertz CT molecular complexity index is 583. The first-order valence-corrected chi connectivity index (χ1v) is 6.48. The molecule has 104 valence electrons. The molecule has 0 fully saturated rings. The van der Waals surface area contributed by atoms with Crippen LogP contribution in [0.5, 0.6) is 0 Å². The van der Waals surface area contributed by atoms with Gasteiger partial charge in [0.2, 0.25) is 5.78 Å². The van der Waals surface area contributed by atoms with Gasteiger partial charge in [-0.1, -0.05) is 0 Å². The van der Waals surface area contributed by atoms with Crippen LogP contribution in [-0.4, -0.2) is 43.6 Å². The molecule has 5 heteroatoms. The van der Waals surface area contributed by atoms with Crippen molar-refractivity contribution in [3.8, 4) is 0 Å². The lowest BCUT2D eigenvalue weighted by atomic mass is 10.1. The third-order valence-electron chi connectivity index (χ3n) is 2.90. The smallest absolute Gasteiger partial charge is 0.234 e. The second-order valence-electron chi connectivity index (χ2n) is 5.93. The van der Waals surface area contributed by atoms with Gasteiger partial charge < -0.3 is 5.11 Å². The Morgan fingerprint density at radius 1 is 1.32 bits per heavy atom. The SMILES string of the molecule is Cc1cc(C)n2cc(CN(C)CC(C)(C)O)nc2n1. The van der Waals surface area contributed by atoms with E-state index in [-0.39, 0.29) is 0 Å². The van der Waals surface area contributed by atoms with Gasteiger partial charge in [-0.3, -0.25) is 9.30 Å². The predicted octanol–water partition coefficient (Wildman–Crippen LogP) is 1.55. The Hall–Kier alpha value is -1.46. The van der Waals surface area contributed by atoms with Gasteiger partial charge in [0.1, 0.15) is 0 Å². The summed E-state index contributed by atoms with van der Waals surface area (Å²) in [5.74, 6) is 0.740. The third kappa shape index (κ3) is 3.52. The summed E-state index contributed by atoms with van der Waals surface area (Å²) < 4.78 is 2.00. The van der Waals surface area contributed by atoms with E-state index in [9.17, 15) is 5.11 Å². The van der Waals surface area contributed by atoms with Crippen molar-refractivity contribution in [1.29, 1.82) is 0 Å². The maximum atomic E-state index is 9.81. The molecule has 0 spiro atoms. The van der Waals surface area contributed by atoms with Gasteiger partial charge in [0.05, 0.1) is 11.3 Å². The van der Waals surface area contributed by atoms with E-state index < -0.39 is 5.60 Å². The number of aliphatic hydroxyl groups is 1. The molecule has 2 heterocycles. The number of aromatic nitrogens is 3. The Labute approximate surface area is 113 Å². The van der Waals surface area contributed by atoms with Crippen molar-refractivity contribution in [2.24, 2.45) is 0 Å². The van der Waals surface area contributed by atoms with Crippen LogP contribution in [0.15, 0.2) is 12.3 Å². The number of rotatable bonds is 4. The monoisotopic (exact) mass is 262 g/mol. The molecule has 0 aromatic carbocycles. The summed E-state index contributed by atoms with van der Waals surface area (Å²) in [5, 5.41) is 9.81.